The van der Waals surface area contributed by atoms with Gasteiger partial charge in [-0.15, -0.1) is 0 Å². The third-order valence-electron chi connectivity index (χ3n) is 5.78. The lowest BCUT2D eigenvalue weighted by Gasteiger charge is -2.24. The Labute approximate surface area is 167 Å². The van der Waals surface area contributed by atoms with Gasteiger partial charge < -0.3 is 0 Å². The van der Waals surface area contributed by atoms with Crippen LogP contribution in [-0.2, 0) is 6.42 Å². The van der Waals surface area contributed by atoms with Crippen LogP contribution in [0.2, 0.25) is 0 Å². The summed E-state index contributed by atoms with van der Waals surface area (Å²) in [4.78, 5) is 0. The summed E-state index contributed by atoms with van der Waals surface area (Å²) in [6.45, 7) is 13.6. The van der Waals surface area contributed by atoms with E-state index in [1.165, 1.54) is 66.4 Å². The molecular weight excluding hydrogens is 324 g/mol. The molecule has 0 heterocycles. The van der Waals surface area contributed by atoms with E-state index in [-0.39, 0.29) is 0 Å². The molecule has 0 spiro atoms. The lowest BCUT2D eigenvalue weighted by Crippen LogP contribution is -2.08. The van der Waals surface area contributed by atoms with E-state index in [1.807, 2.05) is 0 Å². The number of allylic oxidation sites excluding steroid dienone is 1. The van der Waals surface area contributed by atoms with Crippen molar-refractivity contribution < 1.29 is 0 Å². The van der Waals surface area contributed by atoms with E-state index in [0.717, 1.165) is 12.3 Å². The first-order valence-electron chi connectivity index (χ1n) is 10.9. The maximum atomic E-state index is 4.54. The zero-order valence-electron chi connectivity index (χ0n) is 17.9. The Morgan fingerprint density at radius 3 is 2.22 bits per heavy atom. The molecular formula is C27H38. The zero-order valence-corrected chi connectivity index (χ0v) is 17.9. The smallest absolute Gasteiger partial charge is 0.00455 e. The van der Waals surface area contributed by atoms with Crippen LogP contribution < -0.4 is 0 Å². The monoisotopic (exact) mass is 362 g/mol. The summed E-state index contributed by atoms with van der Waals surface area (Å²) in [7, 11) is 0. The standard InChI is InChI=1S/C27H38/c1-6-10-23(8-3)18-22(5)27(11-7-2)26-13-9-12-25(20-26)19-24-16-14-21(4)15-17-24/h9,12-17,20,23,27H,5-8,10-11,18-19H2,1-4H3. The van der Waals surface area contributed by atoms with Crippen molar-refractivity contribution in [1.82, 2.24) is 0 Å². The minimum absolute atomic E-state index is 0.499. The summed E-state index contributed by atoms with van der Waals surface area (Å²) in [5.74, 6) is 1.29. The highest BCUT2D eigenvalue weighted by Crippen LogP contribution is 2.34. The van der Waals surface area contributed by atoms with Crippen molar-refractivity contribution in [1.29, 1.82) is 0 Å². The van der Waals surface area contributed by atoms with Gasteiger partial charge in [-0.2, -0.15) is 0 Å². The third-order valence-corrected chi connectivity index (χ3v) is 5.78. The zero-order chi connectivity index (χ0) is 19.6. The maximum Gasteiger partial charge on any atom is 0.00455 e. The van der Waals surface area contributed by atoms with Gasteiger partial charge in [0.05, 0.1) is 0 Å². The van der Waals surface area contributed by atoms with Gasteiger partial charge in [-0.25, -0.2) is 0 Å². The quantitative estimate of drug-likeness (QED) is 0.353. The molecule has 27 heavy (non-hydrogen) atoms. The van der Waals surface area contributed by atoms with Crippen LogP contribution in [-0.4, -0.2) is 0 Å². The van der Waals surface area contributed by atoms with Crippen molar-refractivity contribution in [2.75, 3.05) is 0 Å². The van der Waals surface area contributed by atoms with E-state index < -0.39 is 0 Å². The van der Waals surface area contributed by atoms with E-state index in [0.29, 0.717) is 5.92 Å². The molecule has 2 aromatic carbocycles. The Morgan fingerprint density at radius 2 is 1.59 bits per heavy atom. The van der Waals surface area contributed by atoms with Gasteiger partial charge in [-0.05, 0) is 48.8 Å². The van der Waals surface area contributed by atoms with Crippen LogP contribution in [0.25, 0.3) is 0 Å². The summed E-state index contributed by atoms with van der Waals surface area (Å²) in [6.07, 6.45) is 8.45. The molecule has 0 fully saturated rings. The Hall–Kier alpha value is -1.82. The lowest BCUT2D eigenvalue weighted by molar-refractivity contribution is 0.446. The number of hydrogen-bond acceptors (Lipinski definition) is 0. The number of hydrogen-bond donors (Lipinski definition) is 0. The summed E-state index contributed by atoms with van der Waals surface area (Å²) in [5, 5.41) is 0. The molecule has 0 radical (unpaired) electrons. The van der Waals surface area contributed by atoms with Gasteiger partial charge in [-0.1, -0.05) is 113 Å². The molecule has 0 aliphatic heterocycles. The average Bonchev–Trinajstić information content (AvgIpc) is 2.67. The predicted molar refractivity (Wildman–Crippen MR) is 121 cm³/mol. The van der Waals surface area contributed by atoms with Crippen LogP contribution in [0.3, 0.4) is 0 Å². The van der Waals surface area contributed by atoms with Gasteiger partial charge in [0.15, 0.2) is 0 Å². The molecule has 0 amide bonds. The van der Waals surface area contributed by atoms with Gasteiger partial charge in [0.2, 0.25) is 0 Å². The highest BCUT2D eigenvalue weighted by atomic mass is 14.2. The fourth-order valence-corrected chi connectivity index (χ4v) is 4.13. The number of rotatable bonds is 11. The fraction of sp³-hybridized carbons (Fsp3) is 0.481. The second kappa shape index (κ2) is 11.1. The van der Waals surface area contributed by atoms with Gasteiger partial charge in [0.1, 0.15) is 0 Å². The first-order chi connectivity index (χ1) is 13.1. The van der Waals surface area contributed by atoms with Crippen molar-refractivity contribution in [3.05, 3.63) is 82.9 Å². The topological polar surface area (TPSA) is 0 Å². The predicted octanol–water partition coefficient (Wildman–Crippen LogP) is 8.24. The summed E-state index contributed by atoms with van der Waals surface area (Å²) >= 11 is 0. The Morgan fingerprint density at radius 1 is 0.889 bits per heavy atom. The first kappa shape index (κ1) is 21.5. The lowest BCUT2D eigenvalue weighted by atomic mass is 9.81. The minimum atomic E-state index is 0.499. The fourth-order valence-electron chi connectivity index (χ4n) is 4.13. The maximum absolute atomic E-state index is 4.54. The van der Waals surface area contributed by atoms with Crippen LogP contribution >= 0.6 is 0 Å². The van der Waals surface area contributed by atoms with Gasteiger partial charge >= 0.3 is 0 Å². The largest absolute Gasteiger partial charge is 0.0992 e. The Bertz CT molecular complexity index is 692. The number of aryl methyl sites for hydroxylation is 1. The van der Waals surface area contributed by atoms with E-state index >= 15 is 0 Å². The van der Waals surface area contributed by atoms with Crippen molar-refractivity contribution in [3.8, 4) is 0 Å². The second-order valence-corrected chi connectivity index (χ2v) is 8.17. The molecule has 0 aliphatic rings. The molecule has 2 aromatic rings. The van der Waals surface area contributed by atoms with Crippen LogP contribution in [0.15, 0.2) is 60.7 Å². The Balaban J connectivity index is 2.16. The molecule has 0 aliphatic carbocycles. The second-order valence-electron chi connectivity index (χ2n) is 8.17. The summed E-state index contributed by atoms with van der Waals surface area (Å²) < 4.78 is 0. The normalized spacial score (nSPS) is 13.3. The van der Waals surface area contributed by atoms with Gasteiger partial charge in [0.25, 0.3) is 0 Å². The molecule has 2 rings (SSSR count). The molecule has 0 N–H and O–H groups in total. The first-order valence-corrected chi connectivity index (χ1v) is 10.9. The highest BCUT2D eigenvalue weighted by Gasteiger charge is 2.18. The van der Waals surface area contributed by atoms with Crippen LogP contribution in [0.1, 0.15) is 87.5 Å². The van der Waals surface area contributed by atoms with Crippen molar-refractivity contribution in [2.45, 2.75) is 78.6 Å². The van der Waals surface area contributed by atoms with Crippen molar-refractivity contribution in [2.24, 2.45) is 5.92 Å². The molecule has 0 saturated heterocycles. The van der Waals surface area contributed by atoms with Crippen LogP contribution in [0.5, 0.6) is 0 Å². The van der Waals surface area contributed by atoms with E-state index in [2.05, 4.69) is 82.8 Å². The van der Waals surface area contributed by atoms with Crippen molar-refractivity contribution in [3.63, 3.8) is 0 Å². The molecule has 146 valence electrons. The highest BCUT2D eigenvalue weighted by molar-refractivity contribution is 5.35. The molecule has 0 aromatic heterocycles. The Kier molecular flexibility index (Phi) is 8.85. The number of benzene rings is 2. The molecule has 0 saturated carbocycles. The van der Waals surface area contributed by atoms with E-state index in [4.69, 9.17) is 0 Å². The molecule has 0 bridgehead atoms. The van der Waals surface area contributed by atoms with Crippen molar-refractivity contribution >= 4 is 0 Å². The van der Waals surface area contributed by atoms with Gasteiger partial charge in [-0.3, -0.25) is 0 Å². The average molecular weight is 363 g/mol. The summed E-state index contributed by atoms with van der Waals surface area (Å²) in [6, 6.07) is 18.2. The van der Waals surface area contributed by atoms with E-state index in [9.17, 15) is 0 Å². The molecule has 0 heteroatoms. The van der Waals surface area contributed by atoms with Crippen LogP contribution in [0, 0.1) is 12.8 Å². The van der Waals surface area contributed by atoms with Crippen LogP contribution in [0.4, 0.5) is 0 Å². The molecule has 2 atom stereocenters. The third kappa shape index (κ3) is 6.69. The summed E-state index contributed by atoms with van der Waals surface area (Å²) in [5.41, 5.74) is 7.01. The van der Waals surface area contributed by atoms with Gasteiger partial charge in [0, 0.05) is 5.92 Å². The SMILES string of the molecule is C=C(CC(CC)CCC)C(CCC)c1cccc(Cc2ccc(C)cc2)c1. The molecule has 2 unspecified atom stereocenters. The minimum Gasteiger partial charge on any atom is -0.0992 e. The van der Waals surface area contributed by atoms with E-state index in [1.54, 1.807) is 0 Å². The molecule has 0 nitrogen and oxygen atoms in total.